The van der Waals surface area contributed by atoms with Crippen LogP contribution in [0.25, 0.3) is 0 Å². The van der Waals surface area contributed by atoms with Crippen LogP contribution in [-0.4, -0.2) is 54.8 Å². The summed E-state index contributed by atoms with van der Waals surface area (Å²) in [4.78, 5) is 27.3. The molecule has 0 aliphatic carbocycles. The molecule has 120 valence electrons. The molecule has 2 rings (SSSR count). The highest BCUT2D eigenvalue weighted by Gasteiger charge is 2.26. The van der Waals surface area contributed by atoms with Gasteiger partial charge in [-0.3, -0.25) is 14.5 Å². The van der Waals surface area contributed by atoms with Crippen LogP contribution in [0, 0.1) is 6.92 Å². The minimum absolute atomic E-state index is 0.0172. The number of piperidine rings is 1. The van der Waals surface area contributed by atoms with Gasteiger partial charge in [0, 0.05) is 32.6 Å². The van der Waals surface area contributed by atoms with Crippen LogP contribution in [0.15, 0.2) is 24.3 Å². The lowest BCUT2D eigenvalue weighted by atomic mass is 10.0. The van der Waals surface area contributed by atoms with Gasteiger partial charge in [0.15, 0.2) is 0 Å². The Balaban J connectivity index is 1.78. The average Bonchev–Trinajstić information content (AvgIpc) is 2.48. The molecule has 1 saturated heterocycles. The number of likely N-dealkylation sites (tertiary alicyclic amines) is 1. The smallest absolute Gasteiger partial charge is 0.234 e. The Hall–Kier alpha value is -1.88. The zero-order valence-corrected chi connectivity index (χ0v) is 13.6. The molecule has 0 saturated carbocycles. The standard InChI is InChI=1S/C17H25N3O2/c1-13-5-4-6-14(9-13)10-18-16(21)12-19(2)15-7-8-17(22)20(3)11-15/h4-6,9,15H,7-8,10-12H2,1-3H3,(H,18,21). The summed E-state index contributed by atoms with van der Waals surface area (Å²) in [5, 5.41) is 2.96. The van der Waals surface area contributed by atoms with Gasteiger partial charge in [-0.25, -0.2) is 0 Å². The van der Waals surface area contributed by atoms with Gasteiger partial charge in [0.05, 0.1) is 6.54 Å². The quantitative estimate of drug-likeness (QED) is 0.888. The van der Waals surface area contributed by atoms with E-state index in [1.54, 1.807) is 4.90 Å². The number of benzene rings is 1. The summed E-state index contributed by atoms with van der Waals surface area (Å²) < 4.78 is 0. The van der Waals surface area contributed by atoms with Gasteiger partial charge < -0.3 is 10.2 Å². The first-order valence-corrected chi connectivity index (χ1v) is 7.72. The molecule has 0 aromatic heterocycles. The van der Waals surface area contributed by atoms with E-state index < -0.39 is 0 Å². The Morgan fingerprint density at radius 1 is 1.45 bits per heavy atom. The van der Waals surface area contributed by atoms with Crippen molar-refractivity contribution in [1.29, 1.82) is 0 Å². The second-order valence-electron chi connectivity index (χ2n) is 6.15. The maximum atomic E-state index is 12.1. The maximum Gasteiger partial charge on any atom is 0.234 e. The van der Waals surface area contributed by atoms with E-state index in [-0.39, 0.29) is 17.9 Å². The van der Waals surface area contributed by atoms with Crippen molar-refractivity contribution in [2.75, 3.05) is 27.2 Å². The van der Waals surface area contributed by atoms with E-state index in [2.05, 4.69) is 11.4 Å². The fourth-order valence-corrected chi connectivity index (χ4v) is 2.78. The first-order valence-electron chi connectivity index (χ1n) is 7.72. The molecule has 1 N–H and O–H groups in total. The van der Waals surface area contributed by atoms with Gasteiger partial charge in [-0.2, -0.15) is 0 Å². The molecular formula is C17H25N3O2. The summed E-state index contributed by atoms with van der Waals surface area (Å²) in [5.41, 5.74) is 2.30. The molecule has 0 radical (unpaired) electrons. The summed E-state index contributed by atoms with van der Waals surface area (Å²) in [6.45, 7) is 3.65. The van der Waals surface area contributed by atoms with Gasteiger partial charge >= 0.3 is 0 Å². The molecule has 1 fully saturated rings. The molecule has 5 nitrogen and oxygen atoms in total. The molecule has 1 aliphatic heterocycles. The van der Waals surface area contributed by atoms with E-state index >= 15 is 0 Å². The van der Waals surface area contributed by atoms with Crippen molar-refractivity contribution in [1.82, 2.24) is 15.1 Å². The number of carbonyl (C=O) groups excluding carboxylic acids is 2. The highest BCUT2D eigenvalue weighted by atomic mass is 16.2. The van der Waals surface area contributed by atoms with E-state index in [0.29, 0.717) is 26.1 Å². The number of likely N-dealkylation sites (N-methyl/N-ethyl adjacent to an activating group) is 2. The molecular weight excluding hydrogens is 278 g/mol. The second kappa shape index (κ2) is 7.40. The Kier molecular flexibility index (Phi) is 5.55. The van der Waals surface area contributed by atoms with Gasteiger partial charge in [0.25, 0.3) is 0 Å². The van der Waals surface area contributed by atoms with Crippen LogP contribution in [0.3, 0.4) is 0 Å². The van der Waals surface area contributed by atoms with E-state index in [1.807, 2.05) is 44.1 Å². The molecule has 0 bridgehead atoms. The lowest BCUT2D eigenvalue weighted by molar-refractivity contribution is -0.133. The predicted octanol–water partition coefficient (Wildman–Crippen LogP) is 1.16. The van der Waals surface area contributed by atoms with E-state index in [9.17, 15) is 9.59 Å². The number of hydrogen-bond acceptors (Lipinski definition) is 3. The van der Waals surface area contributed by atoms with Crippen LogP contribution in [-0.2, 0) is 16.1 Å². The molecule has 22 heavy (non-hydrogen) atoms. The van der Waals surface area contributed by atoms with Crippen LogP contribution in [0.5, 0.6) is 0 Å². The molecule has 1 aromatic rings. The second-order valence-corrected chi connectivity index (χ2v) is 6.15. The Morgan fingerprint density at radius 2 is 2.23 bits per heavy atom. The van der Waals surface area contributed by atoms with Crippen molar-refractivity contribution in [2.45, 2.75) is 32.4 Å². The number of nitrogens with one attached hydrogen (secondary N) is 1. The molecule has 1 unspecified atom stereocenters. The summed E-state index contributed by atoms with van der Waals surface area (Å²) in [6, 6.07) is 8.38. The van der Waals surface area contributed by atoms with Crippen LogP contribution >= 0.6 is 0 Å². The number of nitrogens with zero attached hydrogens (tertiary/aromatic N) is 2. The van der Waals surface area contributed by atoms with E-state index in [4.69, 9.17) is 0 Å². The number of rotatable bonds is 5. The minimum atomic E-state index is 0.0172. The monoisotopic (exact) mass is 303 g/mol. The summed E-state index contributed by atoms with van der Waals surface area (Å²) in [7, 11) is 3.76. The lowest BCUT2D eigenvalue weighted by Gasteiger charge is -2.35. The fraction of sp³-hybridized carbons (Fsp3) is 0.529. The van der Waals surface area contributed by atoms with Crippen LogP contribution in [0.1, 0.15) is 24.0 Å². The van der Waals surface area contributed by atoms with Gasteiger partial charge in [-0.1, -0.05) is 29.8 Å². The highest BCUT2D eigenvalue weighted by Crippen LogP contribution is 2.14. The number of aryl methyl sites for hydroxylation is 1. The van der Waals surface area contributed by atoms with Crippen LogP contribution in [0.2, 0.25) is 0 Å². The van der Waals surface area contributed by atoms with Crippen molar-refractivity contribution < 1.29 is 9.59 Å². The molecule has 0 spiro atoms. The Bertz CT molecular complexity index is 544. The fourth-order valence-electron chi connectivity index (χ4n) is 2.78. The SMILES string of the molecule is Cc1cccc(CNC(=O)CN(C)C2CCC(=O)N(C)C2)c1. The van der Waals surface area contributed by atoms with Crippen molar-refractivity contribution >= 4 is 11.8 Å². The van der Waals surface area contributed by atoms with Gasteiger partial charge in [-0.05, 0) is 26.0 Å². The van der Waals surface area contributed by atoms with Crippen LogP contribution in [0.4, 0.5) is 0 Å². The van der Waals surface area contributed by atoms with Crippen molar-refractivity contribution in [3.63, 3.8) is 0 Å². The van der Waals surface area contributed by atoms with Crippen molar-refractivity contribution in [3.8, 4) is 0 Å². The zero-order valence-electron chi connectivity index (χ0n) is 13.6. The molecule has 1 aliphatic rings. The predicted molar refractivity (Wildman–Crippen MR) is 86.3 cm³/mol. The first-order chi connectivity index (χ1) is 10.5. The Morgan fingerprint density at radius 3 is 2.91 bits per heavy atom. The molecule has 2 amide bonds. The third-order valence-corrected chi connectivity index (χ3v) is 4.19. The highest BCUT2D eigenvalue weighted by molar-refractivity contribution is 5.78. The van der Waals surface area contributed by atoms with E-state index in [0.717, 1.165) is 12.0 Å². The summed E-state index contributed by atoms with van der Waals surface area (Å²) in [5.74, 6) is 0.206. The Labute approximate surface area is 132 Å². The largest absolute Gasteiger partial charge is 0.351 e. The third-order valence-electron chi connectivity index (χ3n) is 4.19. The molecule has 5 heteroatoms. The number of hydrogen-bond donors (Lipinski definition) is 1. The number of carbonyl (C=O) groups is 2. The molecule has 1 atom stereocenters. The maximum absolute atomic E-state index is 12.1. The average molecular weight is 303 g/mol. The minimum Gasteiger partial charge on any atom is -0.351 e. The summed E-state index contributed by atoms with van der Waals surface area (Å²) in [6.07, 6.45) is 1.39. The molecule has 1 heterocycles. The summed E-state index contributed by atoms with van der Waals surface area (Å²) >= 11 is 0. The van der Waals surface area contributed by atoms with Gasteiger partial charge in [-0.15, -0.1) is 0 Å². The number of amides is 2. The molecule has 1 aromatic carbocycles. The van der Waals surface area contributed by atoms with Crippen molar-refractivity contribution in [3.05, 3.63) is 35.4 Å². The van der Waals surface area contributed by atoms with E-state index in [1.165, 1.54) is 5.56 Å². The van der Waals surface area contributed by atoms with Gasteiger partial charge in [0.1, 0.15) is 0 Å². The third kappa shape index (κ3) is 4.56. The van der Waals surface area contributed by atoms with Crippen molar-refractivity contribution in [2.24, 2.45) is 0 Å². The van der Waals surface area contributed by atoms with Crippen LogP contribution < -0.4 is 5.32 Å². The lowest BCUT2D eigenvalue weighted by Crippen LogP contribution is -2.49. The first kappa shape index (κ1) is 16.5. The zero-order chi connectivity index (χ0) is 16.1. The van der Waals surface area contributed by atoms with Gasteiger partial charge in [0.2, 0.25) is 11.8 Å². The topological polar surface area (TPSA) is 52.7 Å². The normalized spacial score (nSPS) is 18.6.